The molecule has 1 amide bonds. The Labute approximate surface area is 150 Å². The van der Waals surface area contributed by atoms with Gasteiger partial charge in [0.05, 0.1) is 5.56 Å². The number of halogens is 3. The van der Waals surface area contributed by atoms with E-state index in [0.717, 1.165) is 36.2 Å². The summed E-state index contributed by atoms with van der Waals surface area (Å²) in [4.78, 5) is 13.8. The van der Waals surface area contributed by atoms with Gasteiger partial charge >= 0.3 is 6.18 Å². The Morgan fingerprint density at radius 2 is 1.85 bits per heavy atom. The van der Waals surface area contributed by atoms with Crippen LogP contribution < -0.4 is 10.2 Å². The Morgan fingerprint density at radius 1 is 1.15 bits per heavy atom. The second kappa shape index (κ2) is 7.40. The topological polar surface area (TPSA) is 32.3 Å². The number of hydrogen-bond donors (Lipinski definition) is 1. The Hall–Kier alpha value is -2.50. The highest BCUT2D eigenvalue weighted by Crippen LogP contribution is 2.35. The summed E-state index contributed by atoms with van der Waals surface area (Å²) in [5, 5.41) is 3.02. The summed E-state index contributed by atoms with van der Waals surface area (Å²) in [5.74, 6) is -0.0201. The zero-order chi connectivity index (χ0) is 18.7. The maximum atomic E-state index is 12.8. The number of aryl methyl sites for hydroxylation is 1. The summed E-state index contributed by atoms with van der Waals surface area (Å²) < 4.78 is 38.5. The number of fused-ring (bicyclic) bond motifs is 1. The fraction of sp³-hybridized carbons (Fsp3) is 0.350. The summed E-state index contributed by atoms with van der Waals surface area (Å²) in [5.41, 5.74) is 2.12. The van der Waals surface area contributed by atoms with Gasteiger partial charge in [-0.3, -0.25) is 4.79 Å². The minimum Gasteiger partial charge on any atom is -0.352 e. The van der Waals surface area contributed by atoms with Crippen LogP contribution in [0, 0.1) is 0 Å². The van der Waals surface area contributed by atoms with Crippen molar-refractivity contribution in [2.24, 2.45) is 0 Å². The highest BCUT2D eigenvalue weighted by molar-refractivity contribution is 5.76. The molecule has 3 rings (SSSR count). The molecule has 1 heterocycles. The van der Waals surface area contributed by atoms with Gasteiger partial charge in [-0.2, -0.15) is 13.2 Å². The molecular weight excluding hydrogens is 341 g/mol. The van der Waals surface area contributed by atoms with Gasteiger partial charge in [0, 0.05) is 30.4 Å². The van der Waals surface area contributed by atoms with Crippen LogP contribution in [-0.4, -0.2) is 18.5 Å². The van der Waals surface area contributed by atoms with Crippen molar-refractivity contribution in [2.75, 3.05) is 11.4 Å². The van der Waals surface area contributed by atoms with E-state index in [2.05, 4.69) is 5.32 Å². The van der Waals surface area contributed by atoms with Crippen molar-refractivity contribution in [2.45, 2.75) is 38.4 Å². The lowest BCUT2D eigenvalue weighted by atomic mass is 10.1. The monoisotopic (exact) mass is 362 g/mol. The highest BCUT2D eigenvalue weighted by Gasteiger charge is 2.30. The van der Waals surface area contributed by atoms with Crippen molar-refractivity contribution in [1.29, 1.82) is 0 Å². The minimum absolute atomic E-state index is 0.0201. The van der Waals surface area contributed by atoms with E-state index in [1.54, 1.807) is 6.92 Å². The number of carbonyl (C=O) groups excluding carboxylic acids is 1. The molecule has 0 radical (unpaired) electrons. The van der Waals surface area contributed by atoms with E-state index in [0.29, 0.717) is 18.7 Å². The molecule has 2 aromatic rings. The number of anilines is 2. The lowest BCUT2D eigenvalue weighted by Crippen LogP contribution is -2.41. The third-order valence-electron chi connectivity index (χ3n) is 4.64. The van der Waals surface area contributed by atoms with Crippen molar-refractivity contribution in [3.63, 3.8) is 0 Å². The maximum absolute atomic E-state index is 12.8. The first-order chi connectivity index (χ1) is 12.4. The zero-order valence-corrected chi connectivity index (χ0v) is 14.5. The number of carbonyl (C=O) groups is 1. The molecule has 1 aliphatic rings. The first-order valence-electron chi connectivity index (χ1n) is 8.70. The van der Waals surface area contributed by atoms with Gasteiger partial charge in [0.15, 0.2) is 0 Å². The number of hydrogen-bond acceptors (Lipinski definition) is 2. The van der Waals surface area contributed by atoms with Gasteiger partial charge in [0.25, 0.3) is 0 Å². The molecule has 0 aliphatic carbocycles. The van der Waals surface area contributed by atoms with Crippen LogP contribution in [0.3, 0.4) is 0 Å². The van der Waals surface area contributed by atoms with Gasteiger partial charge in [0.1, 0.15) is 0 Å². The maximum Gasteiger partial charge on any atom is 0.416 e. The number of nitrogens with zero attached hydrogens (tertiary/aromatic N) is 1. The molecule has 138 valence electrons. The number of alkyl halides is 3. The largest absolute Gasteiger partial charge is 0.416 e. The standard InChI is InChI=1S/C20H21F3N2O/c1-2-19(26)24-16-10-7-14-5-3-4-6-18(14)25(13-16)17-11-8-15(9-12-17)20(21,22)23/h3-6,8-9,11-12,16H,2,7,10,13H2,1H3,(H,24,26). The average Bonchev–Trinajstić information content (AvgIpc) is 2.81. The molecule has 1 aliphatic heterocycles. The van der Waals surface area contributed by atoms with Crippen LogP contribution in [0.25, 0.3) is 0 Å². The van der Waals surface area contributed by atoms with Crippen LogP contribution in [0.5, 0.6) is 0 Å². The summed E-state index contributed by atoms with van der Waals surface area (Å²) in [6, 6.07) is 13.0. The van der Waals surface area contributed by atoms with Crippen molar-refractivity contribution in [1.82, 2.24) is 5.32 Å². The second-order valence-electron chi connectivity index (χ2n) is 6.44. The normalized spacial score (nSPS) is 17.4. The van der Waals surface area contributed by atoms with E-state index in [1.807, 2.05) is 29.2 Å². The molecule has 3 nitrogen and oxygen atoms in total. The van der Waals surface area contributed by atoms with Gasteiger partial charge < -0.3 is 10.2 Å². The SMILES string of the molecule is CCC(=O)NC1CCc2ccccc2N(c2ccc(C(F)(F)F)cc2)C1. The highest BCUT2D eigenvalue weighted by atomic mass is 19.4. The fourth-order valence-corrected chi connectivity index (χ4v) is 3.25. The van der Waals surface area contributed by atoms with Gasteiger partial charge in [0.2, 0.25) is 5.91 Å². The molecule has 6 heteroatoms. The van der Waals surface area contributed by atoms with Crippen molar-refractivity contribution < 1.29 is 18.0 Å². The number of amides is 1. The Bertz CT molecular complexity index is 771. The van der Waals surface area contributed by atoms with Gasteiger partial charge in [-0.25, -0.2) is 0 Å². The molecule has 0 spiro atoms. The van der Waals surface area contributed by atoms with Crippen LogP contribution in [0.1, 0.15) is 30.9 Å². The Kier molecular flexibility index (Phi) is 5.20. The molecule has 2 aromatic carbocycles. The first kappa shape index (κ1) is 18.3. The van der Waals surface area contributed by atoms with E-state index in [9.17, 15) is 18.0 Å². The zero-order valence-electron chi connectivity index (χ0n) is 14.5. The van der Waals surface area contributed by atoms with E-state index in [1.165, 1.54) is 12.1 Å². The molecule has 0 aromatic heterocycles. The van der Waals surface area contributed by atoms with E-state index >= 15 is 0 Å². The quantitative estimate of drug-likeness (QED) is 0.860. The molecule has 0 bridgehead atoms. The molecule has 0 saturated carbocycles. The predicted molar refractivity (Wildman–Crippen MR) is 95.4 cm³/mol. The third kappa shape index (κ3) is 4.00. The van der Waals surface area contributed by atoms with Gasteiger partial charge in [-0.1, -0.05) is 25.1 Å². The Morgan fingerprint density at radius 3 is 2.50 bits per heavy atom. The smallest absolute Gasteiger partial charge is 0.352 e. The van der Waals surface area contributed by atoms with Crippen molar-refractivity contribution >= 4 is 17.3 Å². The number of nitrogens with one attached hydrogen (secondary N) is 1. The minimum atomic E-state index is -4.35. The molecule has 1 N–H and O–H groups in total. The van der Waals surface area contributed by atoms with E-state index < -0.39 is 11.7 Å². The molecule has 1 unspecified atom stereocenters. The molecule has 26 heavy (non-hydrogen) atoms. The predicted octanol–water partition coefficient (Wildman–Crippen LogP) is 4.68. The van der Waals surface area contributed by atoms with Crippen LogP contribution in [0.2, 0.25) is 0 Å². The second-order valence-corrected chi connectivity index (χ2v) is 6.44. The van der Waals surface area contributed by atoms with Crippen molar-refractivity contribution in [3.8, 4) is 0 Å². The summed E-state index contributed by atoms with van der Waals surface area (Å²) >= 11 is 0. The van der Waals surface area contributed by atoms with Gasteiger partial charge in [-0.05, 0) is 48.7 Å². The molecular formula is C20H21F3N2O. The van der Waals surface area contributed by atoms with Crippen LogP contribution >= 0.6 is 0 Å². The summed E-state index contributed by atoms with van der Waals surface area (Å²) in [7, 11) is 0. The molecule has 0 saturated heterocycles. The number of benzene rings is 2. The fourth-order valence-electron chi connectivity index (χ4n) is 3.25. The average molecular weight is 362 g/mol. The summed E-state index contributed by atoms with van der Waals surface area (Å²) in [6.45, 7) is 2.32. The van der Waals surface area contributed by atoms with Gasteiger partial charge in [-0.15, -0.1) is 0 Å². The summed E-state index contributed by atoms with van der Waals surface area (Å²) in [6.07, 6.45) is -2.35. The molecule has 0 fully saturated rings. The number of para-hydroxylation sites is 1. The van der Waals surface area contributed by atoms with Crippen LogP contribution in [0.4, 0.5) is 24.5 Å². The molecule has 1 atom stereocenters. The third-order valence-corrected chi connectivity index (χ3v) is 4.64. The first-order valence-corrected chi connectivity index (χ1v) is 8.70. The number of rotatable bonds is 3. The van der Waals surface area contributed by atoms with Crippen molar-refractivity contribution in [3.05, 3.63) is 59.7 Å². The Balaban J connectivity index is 1.94. The van der Waals surface area contributed by atoms with Crippen LogP contribution in [0.15, 0.2) is 48.5 Å². The van der Waals surface area contributed by atoms with E-state index in [-0.39, 0.29) is 11.9 Å². The van der Waals surface area contributed by atoms with Crippen LogP contribution in [-0.2, 0) is 17.4 Å². The lowest BCUT2D eigenvalue weighted by molar-refractivity contribution is -0.137. The lowest BCUT2D eigenvalue weighted by Gasteiger charge is -2.28. The van der Waals surface area contributed by atoms with E-state index in [4.69, 9.17) is 0 Å².